The zero-order chi connectivity index (χ0) is 8.39. The van der Waals surface area contributed by atoms with E-state index >= 15 is 0 Å². The third-order valence-electron chi connectivity index (χ3n) is 1.71. The number of pyridine rings is 1. The summed E-state index contributed by atoms with van der Waals surface area (Å²) in [5.41, 5.74) is 7.33. The molecule has 0 spiro atoms. The monoisotopic (exact) mass is 162 g/mol. The van der Waals surface area contributed by atoms with Crippen molar-refractivity contribution in [1.82, 2.24) is 15.0 Å². The Morgan fingerprint density at radius 2 is 2.42 bits per heavy atom. The second-order valence-corrected chi connectivity index (χ2v) is 2.61. The van der Waals surface area contributed by atoms with E-state index in [-0.39, 0.29) is 0 Å². The van der Waals surface area contributed by atoms with Gasteiger partial charge < -0.3 is 10.7 Å². The number of nitrogens with one attached hydrogen (secondary N) is 1. The molecular formula is C8H10N4. The fourth-order valence-corrected chi connectivity index (χ4v) is 1.16. The van der Waals surface area contributed by atoms with Gasteiger partial charge in [0.15, 0.2) is 0 Å². The van der Waals surface area contributed by atoms with Crippen LogP contribution < -0.4 is 5.73 Å². The Morgan fingerprint density at radius 1 is 1.50 bits per heavy atom. The smallest absolute Gasteiger partial charge is 0.108 e. The molecule has 0 amide bonds. The zero-order valence-electron chi connectivity index (χ0n) is 6.62. The number of rotatable bonds is 2. The predicted molar refractivity (Wildman–Crippen MR) is 46.6 cm³/mol. The van der Waals surface area contributed by atoms with Crippen LogP contribution in [0.3, 0.4) is 0 Å². The van der Waals surface area contributed by atoms with Crippen LogP contribution in [0.4, 0.5) is 0 Å². The van der Waals surface area contributed by atoms with E-state index in [1.807, 2.05) is 6.07 Å². The van der Waals surface area contributed by atoms with Crippen molar-refractivity contribution in [2.75, 3.05) is 6.54 Å². The van der Waals surface area contributed by atoms with Crippen molar-refractivity contribution in [2.24, 2.45) is 5.73 Å². The van der Waals surface area contributed by atoms with E-state index in [0.29, 0.717) is 6.54 Å². The molecule has 2 heterocycles. The lowest BCUT2D eigenvalue weighted by atomic mass is 10.4. The predicted octanol–water partition coefficient (Wildman–Crippen LogP) is 0.459. The highest BCUT2D eigenvalue weighted by Crippen LogP contribution is 2.08. The van der Waals surface area contributed by atoms with Gasteiger partial charge in [-0.1, -0.05) is 0 Å². The van der Waals surface area contributed by atoms with Crippen LogP contribution in [0.2, 0.25) is 0 Å². The maximum absolute atomic E-state index is 5.41. The fraction of sp³-hybridized carbons (Fsp3) is 0.250. The summed E-state index contributed by atoms with van der Waals surface area (Å²) in [7, 11) is 0. The Bertz CT molecular complexity index is 346. The number of aromatic nitrogens is 3. The highest BCUT2D eigenvalue weighted by Gasteiger charge is 1.99. The quantitative estimate of drug-likeness (QED) is 0.674. The molecule has 0 unspecified atom stereocenters. The average Bonchev–Trinajstić information content (AvgIpc) is 2.47. The van der Waals surface area contributed by atoms with E-state index < -0.39 is 0 Å². The molecule has 62 valence electrons. The van der Waals surface area contributed by atoms with E-state index in [2.05, 4.69) is 15.0 Å². The SMILES string of the molecule is NCCc1nc2ccncc2[nH]1. The molecular weight excluding hydrogens is 152 g/mol. The van der Waals surface area contributed by atoms with Gasteiger partial charge >= 0.3 is 0 Å². The van der Waals surface area contributed by atoms with Crippen molar-refractivity contribution in [2.45, 2.75) is 6.42 Å². The molecule has 0 aliphatic carbocycles. The van der Waals surface area contributed by atoms with Crippen LogP contribution in [0.25, 0.3) is 11.0 Å². The van der Waals surface area contributed by atoms with Crippen molar-refractivity contribution in [1.29, 1.82) is 0 Å². The summed E-state index contributed by atoms with van der Waals surface area (Å²) >= 11 is 0. The molecule has 0 fully saturated rings. The average molecular weight is 162 g/mol. The highest BCUT2D eigenvalue weighted by molar-refractivity contribution is 5.73. The third-order valence-corrected chi connectivity index (χ3v) is 1.71. The zero-order valence-corrected chi connectivity index (χ0v) is 6.62. The van der Waals surface area contributed by atoms with E-state index in [4.69, 9.17) is 5.73 Å². The molecule has 0 aromatic carbocycles. The Kier molecular flexibility index (Phi) is 1.75. The molecule has 0 radical (unpaired) electrons. The number of hydrogen-bond donors (Lipinski definition) is 2. The summed E-state index contributed by atoms with van der Waals surface area (Å²) in [6, 6.07) is 1.88. The molecule has 0 aliphatic rings. The van der Waals surface area contributed by atoms with Crippen LogP contribution in [-0.4, -0.2) is 21.5 Å². The Labute approximate surface area is 69.8 Å². The third kappa shape index (κ3) is 1.16. The fourth-order valence-electron chi connectivity index (χ4n) is 1.16. The lowest BCUT2D eigenvalue weighted by Gasteiger charge is -1.87. The first-order valence-corrected chi connectivity index (χ1v) is 3.89. The summed E-state index contributed by atoms with van der Waals surface area (Å²) in [5.74, 6) is 0.931. The van der Waals surface area contributed by atoms with Gasteiger partial charge in [0, 0.05) is 12.6 Å². The second kappa shape index (κ2) is 2.91. The van der Waals surface area contributed by atoms with Gasteiger partial charge in [-0.3, -0.25) is 4.98 Å². The Morgan fingerprint density at radius 3 is 3.17 bits per heavy atom. The summed E-state index contributed by atoms with van der Waals surface area (Å²) in [4.78, 5) is 11.5. The van der Waals surface area contributed by atoms with Gasteiger partial charge in [-0.25, -0.2) is 4.98 Å². The molecule has 2 aromatic rings. The minimum Gasteiger partial charge on any atom is -0.341 e. The number of imidazole rings is 1. The molecule has 4 nitrogen and oxygen atoms in total. The largest absolute Gasteiger partial charge is 0.341 e. The molecule has 0 aliphatic heterocycles. The van der Waals surface area contributed by atoms with E-state index in [1.54, 1.807) is 12.4 Å². The standard InChI is InChI=1S/C8H10N4/c9-3-1-8-11-6-2-4-10-5-7(6)12-8/h2,4-5H,1,3,9H2,(H,11,12). The molecule has 0 saturated carbocycles. The first-order chi connectivity index (χ1) is 5.90. The van der Waals surface area contributed by atoms with Crippen molar-refractivity contribution in [3.63, 3.8) is 0 Å². The van der Waals surface area contributed by atoms with E-state index in [0.717, 1.165) is 23.3 Å². The molecule has 0 atom stereocenters. The normalized spacial score (nSPS) is 10.8. The Balaban J connectivity index is 2.47. The van der Waals surface area contributed by atoms with Crippen molar-refractivity contribution in [3.05, 3.63) is 24.3 Å². The van der Waals surface area contributed by atoms with Crippen molar-refractivity contribution in [3.8, 4) is 0 Å². The molecule has 2 aromatic heterocycles. The number of fused-ring (bicyclic) bond motifs is 1. The lowest BCUT2D eigenvalue weighted by molar-refractivity contribution is 0.900. The van der Waals surface area contributed by atoms with Crippen molar-refractivity contribution < 1.29 is 0 Å². The van der Waals surface area contributed by atoms with E-state index in [1.165, 1.54) is 0 Å². The van der Waals surface area contributed by atoms with Crippen molar-refractivity contribution >= 4 is 11.0 Å². The van der Waals surface area contributed by atoms with Gasteiger partial charge in [0.05, 0.1) is 17.2 Å². The molecule has 3 N–H and O–H groups in total. The summed E-state index contributed by atoms with van der Waals surface area (Å²) < 4.78 is 0. The van der Waals surface area contributed by atoms with Crippen LogP contribution in [0.1, 0.15) is 5.82 Å². The minimum absolute atomic E-state index is 0.618. The maximum atomic E-state index is 5.41. The van der Waals surface area contributed by atoms with Crippen LogP contribution in [0.15, 0.2) is 18.5 Å². The maximum Gasteiger partial charge on any atom is 0.108 e. The van der Waals surface area contributed by atoms with Crippen LogP contribution in [0.5, 0.6) is 0 Å². The van der Waals surface area contributed by atoms with E-state index in [9.17, 15) is 0 Å². The van der Waals surface area contributed by atoms with Gasteiger partial charge in [0.25, 0.3) is 0 Å². The molecule has 2 rings (SSSR count). The second-order valence-electron chi connectivity index (χ2n) is 2.61. The first-order valence-electron chi connectivity index (χ1n) is 3.89. The van der Waals surface area contributed by atoms with Gasteiger partial charge in [0.1, 0.15) is 5.82 Å². The van der Waals surface area contributed by atoms with Crippen LogP contribution in [0, 0.1) is 0 Å². The van der Waals surface area contributed by atoms with Crippen LogP contribution in [-0.2, 0) is 6.42 Å². The minimum atomic E-state index is 0.618. The number of aromatic amines is 1. The summed E-state index contributed by atoms with van der Waals surface area (Å²) in [6.45, 7) is 0.618. The molecule has 12 heavy (non-hydrogen) atoms. The van der Waals surface area contributed by atoms with Gasteiger partial charge in [0.2, 0.25) is 0 Å². The Hall–Kier alpha value is -1.42. The van der Waals surface area contributed by atoms with Crippen LogP contribution >= 0.6 is 0 Å². The molecule has 0 bridgehead atoms. The number of nitrogens with zero attached hydrogens (tertiary/aromatic N) is 2. The topological polar surface area (TPSA) is 67.6 Å². The highest BCUT2D eigenvalue weighted by atomic mass is 14.9. The summed E-state index contributed by atoms with van der Waals surface area (Å²) in [5, 5.41) is 0. The summed E-state index contributed by atoms with van der Waals surface area (Å²) in [6.07, 6.45) is 4.28. The first kappa shape index (κ1) is 7.24. The van der Waals surface area contributed by atoms with Gasteiger partial charge in [-0.2, -0.15) is 0 Å². The number of hydrogen-bond acceptors (Lipinski definition) is 3. The molecule has 4 heteroatoms. The lowest BCUT2D eigenvalue weighted by Crippen LogP contribution is -2.03. The molecule has 0 saturated heterocycles. The van der Waals surface area contributed by atoms with Gasteiger partial charge in [-0.15, -0.1) is 0 Å². The van der Waals surface area contributed by atoms with Gasteiger partial charge in [-0.05, 0) is 12.6 Å². The number of H-pyrrole nitrogens is 1. The number of nitrogens with two attached hydrogens (primary N) is 1.